The molecule has 1 atom stereocenters. The lowest BCUT2D eigenvalue weighted by Gasteiger charge is -2.10. The molecule has 1 rings (SSSR count). The molecule has 0 saturated heterocycles. The van der Waals surface area contributed by atoms with Gasteiger partial charge in [0.2, 0.25) is 0 Å². The van der Waals surface area contributed by atoms with Gasteiger partial charge in [0.1, 0.15) is 0 Å². The first-order chi connectivity index (χ1) is 6.06. The molecular weight excluding hydrogens is 172 g/mol. The Balaban J connectivity index is 3.13. The van der Waals surface area contributed by atoms with Gasteiger partial charge in [-0.1, -0.05) is 6.92 Å². The summed E-state index contributed by atoms with van der Waals surface area (Å²) in [7, 11) is 0. The summed E-state index contributed by atoms with van der Waals surface area (Å²) in [5.41, 5.74) is 0.385. The fourth-order valence-corrected chi connectivity index (χ4v) is 1.05. The van der Waals surface area contributed by atoms with Crippen molar-refractivity contribution < 1.29 is 20.4 Å². The number of phenolic OH excluding ortho intramolecular Hbond substituents is 3. The topological polar surface area (TPSA) is 80.9 Å². The van der Waals surface area contributed by atoms with Crippen LogP contribution in [0.1, 0.15) is 25.0 Å². The van der Waals surface area contributed by atoms with Crippen molar-refractivity contribution in [1.29, 1.82) is 0 Å². The maximum Gasteiger partial charge on any atom is 0.200 e. The van der Waals surface area contributed by atoms with Crippen LogP contribution >= 0.6 is 0 Å². The number of aliphatic hydroxyl groups excluding tert-OH is 1. The average Bonchev–Trinajstić information content (AvgIpc) is 2.12. The number of hydrogen-bond acceptors (Lipinski definition) is 4. The molecule has 0 aliphatic heterocycles. The van der Waals surface area contributed by atoms with E-state index >= 15 is 0 Å². The molecule has 13 heavy (non-hydrogen) atoms. The van der Waals surface area contributed by atoms with Crippen molar-refractivity contribution in [1.82, 2.24) is 0 Å². The quantitative estimate of drug-likeness (QED) is 0.521. The zero-order valence-corrected chi connectivity index (χ0v) is 7.23. The lowest BCUT2D eigenvalue weighted by Crippen LogP contribution is -1.94. The minimum absolute atomic E-state index is 0.385. The van der Waals surface area contributed by atoms with E-state index in [9.17, 15) is 5.11 Å². The second kappa shape index (κ2) is 3.53. The van der Waals surface area contributed by atoms with E-state index < -0.39 is 23.4 Å². The molecule has 1 aromatic rings. The van der Waals surface area contributed by atoms with Crippen molar-refractivity contribution in [3.63, 3.8) is 0 Å². The molecule has 0 radical (unpaired) electrons. The molecular formula is C9H12O4. The van der Waals surface area contributed by atoms with Gasteiger partial charge in [-0.2, -0.15) is 0 Å². The van der Waals surface area contributed by atoms with E-state index in [1.54, 1.807) is 6.92 Å². The molecule has 4 N–H and O–H groups in total. The summed E-state index contributed by atoms with van der Waals surface area (Å²) >= 11 is 0. The highest BCUT2D eigenvalue weighted by Gasteiger charge is 2.12. The third kappa shape index (κ3) is 1.84. The summed E-state index contributed by atoms with van der Waals surface area (Å²) in [6.07, 6.45) is -0.263. The fraction of sp³-hybridized carbons (Fsp3) is 0.333. The van der Waals surface area contributed by atoms with E-state index in [-0.39, 0.29) is 0 Å². The van der Waals surface area contributed by atoms with Gasteiger partial charge < -0.3 is 20.4 Å². The van der Waals surface area contributed by atoms with Crippen LogP contribution in [0, 0.1) is 0 Å². The van der Waals surface area contributed by atoms with E-state index in [4.69, 9.17) is 15.3 Å². The molecule has 4 heteroatoms. The highest BCUT2D eigenvalue weighted by molar-refractivity contribution is 5.51. The highest BCUT2D eigenvalue weighted by Crippen LogP contribution is 2.37. The fourth-order valence-electron chi connectivity index (χ4n) is 1.05. The van der Waals surface area contributed by atoms with Crippen LogP contribution in [-0.4, -0.2) is 20.4 Å². The molecule has 0 aromatic heterocycles. The first-order valence-corrected chi connectivity index (χ1v) is 3.99. The Bertz CT molecular complexity index is 285. The van der Waals surface area contributed by atoms with Crippen LogP contribution in [0.15, 0.2) is 12.1 Å². The van der Waals surface area contributed by atoms with Crippen molar-refractivity contribution in [3.8, 4) is 17.2 Å². The zero-order valence-electron chi connectivity index (χ0n) is 7.23. The first kappa shape index (κ1) is 9.67. The maximum absolute atomic E-state index is 9.37. The Morgan fingerprint density at radius 2 is 1.62 bits per heavy atom. The molecule has 0 heterocycles. The van der Waals surface area contributed by atoms with Crippen LogP contribution in [0.5, 0.6) is 17.2 Å². The van der Waals surface area contributed by atoms with Gasteiger partial charge in [-0.05, 0) is 24.1 Å². The Morgan fingerprint density at radius 1 is 1.15 bits per heavy atom. The van der Waals surface area contributed by atoms with Gasteiger partial charge in [-0.15, -0.1) is 0 Å². The Labute approximate surface area is 75.7 Å². The lowest BCUT2D eigenvalue weighted by atomic mass is 10.1. The largest absolute Gasteiger partial charge is 0.504 e. The van der Waals surface area contributed by atoms with Gasteiger partial charge in [0.05, 0.1) is 6.10 Å². The van der Waals surface area contributed by atoms with Crippen molar-refractivity contribution in [2.24, 2.45) is 0 Å². The molecule has 1 unspecified atom stereocenters. The summed E-state index contributed by atoms with van der Waals surface area (Å²) in [6, 6.07) is 2.45. The van der Waals surface area contributed by atoms with E-state index in [0.29, 0.717) is 12.0 Å². The standard InChI is InChI=1S/C9H12O4/c1-2-6(10)5-3-7(11)9(13)8(12)4-5/h3-4,6,10-13H,2H2,1H3. The molecule has 0 amide bonds. The molecule has 0 saturated carbocycles. The number of phenols is 3. The minimum atomic E-state index is -0.739. The van der Waals surface area contributed by atoms with E-state index in [2.05, 4.69) is 0 Å². The summed E-state index contributed by atoms with van der Waals surface area (Å²) in [5, 5.41) is 36.6. The van der Waals surface area contributed by atoms with Gasteiger partial charge in [-0.3, -0.25) is 0 Å². The van der Waals surface area contributed by atoms with E-state index in [0.717, 1.165) is 0 Å². The number of aromatic hydroxyl groups is 3. The minimum Gasteiger partial charge on any atom is -0.504 e. The van der Waals surface area contributed by atoms with Crippen LogP contribution in [-0.2, 0) is 0 Å². The predicted molar refractivity (Wildman–Crippen MR) is 46.7 cm³/mol. The highest BCUT2D eigenvalue weighted by atomic mass is 16.3. The van der Waals surface area contributed by atoms with E-state index in [1.807, 2.05) is 0 Å². The molecule has 0 bridgehead atoms. The predicted octanol–water partition coefficient (Wildman–Crippen LogP) is 1.25. The van der Waals surface area contributed by atoms with Crippen molar-refractivity contribution in [3.05, 3.63) is 17.7 Å². The third-order valence-electron chi connectivity index (χ3n) is 1.86. The van der Waals surface area contributed by atoms with Gasteiger partial charge in [0.15, 0.2) is 17.2 Å². The average molecular weight is 184 g/mol. The Morgan fingerprint density at radius 3 is 2.00 bits per heavy atom. The number of rotatable bonds is 2. The number of aliphatic hydroxyl groups is 1. The summed E-state index contributed by atoms with van der Waals surface area (Å²) in [5.74, 6) is -1.42. The second-order valence-corrected chi connectivity index (χ2v) is 2.83. The van der Waals surface area contributed by atoms with Crippen LogP contribution < -0.4 is 0 Å². The van der Waals surface area contributed by atoms with Crippen LogP contribution in [0.3, 0.4) is 0 Å². The molecule has 0 fully saturated rings. The second-order valence-electron chi connectivity index (χ2n) is 2.83. The molecule has 0 aliphatic rings. The summed E-state index contributed by atoms with van der Waals surface area (Å²) < 4.78 is 0. The van der Waals surface area contributed by atoms with Gasteiger partial charge >= 0.3 is 0 Å². The van der Waals surface area contributed by atoms with Crippen molar-refractivity contribution >= 4 is 0 Å². The van der Waals surface area contributed by atoms with Gasteiger partial charge in [0.25, 0.3) is 0 Å². The van der Waals surface area contributed by atoms with Gasteiger partial charge in [0, 0.05) is 0 Å². The SMILES string of the molecule is CCC(O)c1cc(O)c(O)c(O)c1. The first-order valence-electron chi connectivity index (χ1n) is 3.99. The van der Waals surface area contributed by atoms with E-state index in [1.165, 1.54) is 12.1 Å². The lowest BCUT2D eigenvalue weighted by molar-refractivity contribution is 0.172. The van der Waals surface area contributed by atoms with Crippen LogP contribution in [0.2, 0.25) is 0 Å². The molecule has 0 aliphatic carbocycles. The monoisotopic (exact) mass is 184 g/mol. The zero-order chi connectivity index (χ0) is 10.0. The maximum atomic E-state index is 9.37. The summed E-state index contributed by atoms with van der Waals surface area (Å²) in [6.45, 7) is 1.77. The van der Waals surface area contributed by atoms with Crippen molar-refractivity contribution in [2.45, 2.75) is 19.4 Å². The molecule has 4 nitrogen and oxygen atoms in total. The molecule has 1 aromatic carbocycles. The number of benzene rings is 1. The molecule has 0 spiro atoms. The van der Waals surface area contributed by atoms with Crippen LogP contribution in [0.4, 0.5) is 0 Å². The van der Waals surface area contributed by atoms with Gasteiger partial charge in [-0.25, -0.2) is 0 Å². The number of hydrogen-bond donors (Lipinski definition) is 4. The molecule has 72 valence electrons. The Hall–Kier alpha value is -1.42. The van der Waals surface area contributed by atoms with Crippen LogP contribution in [0.25, 0.3) is 0 Å². The summed E-state index contributed by atoms with van der Waals surface area (Å²) in [4.78, 5) is 0. The normalized spacial score (nSPS) is 12.8. The Kier molecular flexibility index (Phi) is 2.63. The smallest absolute Gasteiger partial charge is 0.200 e. The third-order valence-corrected chi connectivity index (χ3v) is 1.86. The van der Waals surface area contributed by atoms with Crippen molar-refractivity contribution in [2.75, 3.05) is 0 Å².